The average molecular weight is 386 g/mol. The molecule has 1 fully saturated rings. The Bertz CT molecular complexity index is 640. The summed E-state index contributed by atoms with van der Waals surface area (Å²) in [5.74, 6) is 0.740. The lowest BCUT2D eigenvalue weighted by Crippen LogP contribution is -2.36. The van der Waals surface area contributed by atoms with E-state index in [-0.39, 0.29) is 36.1 Å². The molecule has 0 aromatic carbocycles. The Hall–Kier alpha value is -1.63. The van der Waals surface area contributed by atoms with E-state index in [1.165, 1.54) is 19.3 Å². The second-order valence-corrected chi connectivity index (χ2v) is 6.35. The Morgan fingerprint density at radius 2 is 2.00 bits per heavy atom. The van der Waals surface area contributed by atoms with E-state index in [4.69, 9.17) is 5.73 Å². The summed E-state index contributed by atoms with van der Waals surface area (Å²) >= 11 is 0. The van der Waals surface area contributed by atoms with Gasteiger partial charge in [0.2, 0.25) is 5.91 Å². The third kappa shape index (κ3) is 5.42. The van der Waals surface area contributed by atoms with Gasteiger partial charge < -0.3 is 11.1 Å². The molecule has 3 N–H and O–H groups in total. The van der Waals surface area contributed by atoms with Crippen molar-refractivity contribution in [1.29, 1.82) is 0 Å². The Morgan fingerprint density at radius 1 is 1.24 bits per heavy atom. The number of hydrogen-bond acceptors (Lipinski definition) is 4. The Balaban J connectivity index is 0.00000156. The Labute approximate surface area is 160 Å². The molecule has 2 heterocycles. The minimum atomic E-state index is -0.0231. The van der Waals surface area contributed by atoms with E-state index < -0.39 is 0 Å². The van der Waals surface area contributed by atoms with E-state index >= 15 is 0 Å². The smallest absolute Gasteiger partial charge is 0.225 e. The number of nitrogens with one attached hydrogen (secondary N) is 1. The van der Waals surface area contributed by atoms with E-state index in [1.807, 2.05) is 24.4 Å². The van der Waals surface area contributed by atoms with Gasteiger partial charge in [0.15, 0.2) is 5.82 Å². The largest absolute Gasteiger partial charge is 0.330 e. The van der Waals surface area contributed by atoms with Crippen LogP contribution in [0.25, 0.3) is 5.82 Å². The van der Waals surface area contributed by atoms with Gasteiger partial charge in [0.05, 0.1) is 11.9 Å². The third-order valence-electron chi connectivity index (χ3n) is 4.65. The zero-order chi connectivity index (χ0) is 16.1. The van der Waals surface area contributed by atoms with Crippen LogP contribution >= 0.6 is 24.8 Å². The molecule has 1 aliphatic rings. The van der Waals surface area contributed by atoms with Crippen molar-refractivity contribution in [2.24, 2.45) is 11.1 Å². The maximum atomic E-state index is 12.3. The number of carbonyl (C=O) groups is 1. The van der Waals surface area contributed by atoms with Crippen molar-refractivity contribution >= 4 is 36.4 Å². The van der Waals surface area contributed by atoms with Gasteiger partial charge in [-0.25, -0.2) is 9.67 Å². The van der Waals surface area contributed by atoms with Gasteiger partial charge in [-0.1, -0.05) is 19.3 Å². The normalized spacial score (nSPS) is 15.6. The van der Waals surface area contributed by atoms with Crippen molar-refractivity contribution in [1.82, 2.24) is 14.8 Å². The van der Waals surface area contributed by atoms with Gasteiger partial charge in [0.1, 0.15) is 0 Å². The van der Waals surface area contributed by atoms with Crippen molar-refractivity contribution in [2.75, 3.05) is 11.9 Å². The number of rotatable bonds is 5. The lowest BCUT2D eigenvalue weighted by atomic mass is 9.71. The molecule has 3 rings (SSSR count). The summed E-state index contributed by atoms with van der Waals surface area (Å²) in [6.45, 7) is 0.580. The number of pyridine rings is 1. The van der Waals surface area contributed by atoms with Crippen molar-refractivity contribution in [3.8, 4) is 5.82 Å². The molecule has 2 aromatic rings. The summed E-state index contributed by atoms with van der Waals surface area (Å²) in [5.41, 5.74) is 6.63. The molecule has 138 valence electrons. The zero-order valence-corrected chi connectivity index (χ0v) is 15.7. The number of halogens is 2. The molecular formula is C17H25Cl2N5O. The molecule has 6 nitrogen and oxygen atoms in total. The number of nitrogens with zero attached hydrogens (tertiary/aromatic N) is 3. The van der Waals surface area contributed by atoms with Gasteiger partial charge >= 0.3 is 0 Å². The van der Waals surface area contributed by atoms with Crippen LogP contribution in [0.1, 0.15) is 38.5 Å². The first kappa shape index (κ1) is 21.4. The van der Waals surface area contributed by atoms with Crippen LogP contribution in [-0.2, 0) is 4.79 Å². The van der Waals surface area contributed by atoms with E-state index in [1.54, 1.807) is 17.1 Å². The van der Waals surface area contributed by atoms with E-state index in [9.17, 15) is 4.79 Å². The molecule has 0 atom stereocenters. The van der Waals surface area contributed by atoms with Gasteiger partial charge in [-0.05, 0) is 43.0 Å². The number of hydrogen-bond donors (Lipinski definition) is 2. The van der Waals surface area contributed by atoms with Crippen LogP contribution < -0.4 is 11.1 Å². The van der Waals surface area contributed by atoms with Gasteiger partial charge in [-0.2, -0.15) is 5.10 Å². The first-order chi connectivity index (χ1) is 11.2. The summed E-state index contributed by atoms with van der Waals surface area (Å²) in [4.78, 5) is 16.7. The fourth-order valence-electron chi connectivity index (χ4n) is 3.30. The van der Waals surface area contributed by atoms with Crippen LogP contribution in [0.4, 0.5) is 5.69 Å². The minimum absolute atomic E-state index is 0. The minimum Gasteiger partial charge on any atom is -0.330 e. The molecular weight excluding hydrogens is 361 g/mol. The molecule has 8 heteroatoms. The fourth-order valence-corrected chi connectivity index (χ4v) is 3.30. The maximum absolute atomic E-state index is 12.3. The lowest BCUT2D eigenvalue weighted by Gasteiger charge is -2.35. The first-order valence-electron chi connectivity index (χ1n) is 8.17. The van der Waals surface area contributed by atoms with Gasteiger partial charge in [0.25, 0.3) is 0 Å². The molecule has 1 saturated carbocycles. The highest BCUT2D eigenvalue weighted by Gasteiger charge is 2.32. The topological polar surface area (TPSA) is 85.8 Å². The Morgan fingerprint density at radius 3 is 2.56 bits per heavy atom. The number of amides is 1. The highest BCUT2D eigenvalue weighted by molar-refractivity contribution is 5.91. The average Bonchev–Trinajstić information content (AvgIpc) is 3.11. The molecule has 25 heavy (non-hydrogen) atoms. The maximum Gasteiger partial charge on any atom is 0.225 e. The molecule has 1 amide bonds. The van der Waals surface area contributed by atoms with E-state index in [0.717, 1.165) is 18.7 Å². The van der Waals surface area contributed by atoms with Crippen LogP contribution in [-0.4, -0.2) is 27.2 Å². The molecule has 0 unspecified atom stereocenters. The molecule has 2 aromatic heterocycles. The van der Waals surface area contributed by atoms with Crippen LogP contribution in [0.5, 0.6) is 0 Å². The predicted octanol–water partition coefficient (Wildman–Crippen LogP) is 3.35. The van der Waals surface area contributed by atoms with Gasteiger partial charge in [-0.3, -0.25) is 4.79 Å². The van der Waals surface area contributed by atoms with Crippen LogP contribution in [0.3, 0.4) is 0 Å². The number of anilines is 1. The molecule has 0 saturated heterocycles. The summed E-state index contributed by atoms with van der Waals surface area (Å²) in [6, 6.07) is 5.52. The summed E-state index contributed by atoms with van der Waals surface area (Å²) in [7, 11) is 0. The summed E-state index contributed by atoms with van der Waals surface area (Å²) in [5, 5.41) is 7.06. The quantitative estimate of drug-likeness (QED) is 0.825. The molecule has 0 spiro atoms. The summed E-state index contributed by atoms with van der Waals surface area (Å²) < 4.78 is 1.68. The van der Waals surface area contributed by atoms with E-state index in [0.29, 0.717) is 18.7 Å². The summed E-state index contributed by atoms with van der Waals surface area (Å²) in [6.07, 6.45) is 11.4. The van der Waals surface area contributed by atoms with Crippen molar-refractivity contribution in [3.05, 3.63) is 36.8 Å². The number of carbonyl (C=O) groups excluding carboxylic acids is 1. The van der Waals surface area contributed by atoms with Crippen molar-refractivity contribution in [3.63, 3.8) is 0 Å². The van der Waals surface area contributed by atoms with Crippen LogP contribution in [0.15, 0.2) is 36.8 Å². The second-order valence-electron chi connectivity index (χ2n) is 6.35. The molecule has 1 aliphatic carbocycles. The monoisotopic (exact) mass is 385 g/mol. The van der Waals surface area contributed by atoms with Gasteiger partial charge in [0, 0.05) is 18.8 Å². The van der Waals surface area contributed by atoms with Crippen LogP contribution in [0, 0.1) is 5.41 Å². The standard InChI is InChI=1S/C17H23N5O.2ClH/c18-13-17(7-2-1-3-8-17)11-16(23)21-14-5-6-15(19-12-14)22-10-4-9-20-22;;/h4-6,9-10,12H,1-3,7-8,11,13,18H2,(H,21,23);2*1H. The van der Waals surface area contributed by atoms with Gasteiger partial charge in [-0.15, -0.1) is 24.8 Å². The molecule has 0 bridgehead atoms. The van der Waals surface area contributed by atoms with Crippen molar-refractivity contribution in [2.45, 2.75) is 38.5 Å². The van der Waals surface area contributed by atoms with Crippen LogP contribution in [0.2, 0.25) is 0 Å². The second kappa shape index (κ2) is 9.75. The highest BCUT2D eigenvalue weighted by atomic mass is 35.5. The Kier molecular flexibility index (Phi) is 8.35. The van der Waals surface area contributed by atoms with E-state index in [2.05, 4.69) is 15.4 Å². The zero-order valence-electron chi connectivity index (χ0n) is 14.1. The lowest BCUT2D eigenvalue weighted by molar-refractivity contribution is -0.118. The fraction of sp³-hybridized carbons (Fsp3) is 0.471. The predicted molar refractivity (Wildman–Crippen MR) is 104 cm³/mol. The van der Waals surface area contributed by atoms with Crippen molar-refractivity contribution < 1.29 is 4.79 Å². The SMILES string of the molecule is Cl.Cl.NCC1(CC(=O)Nc2ccc(-n3cccn3)nc2)CCCCC1. The molecule has 0 aliphatic heterocycles. The number of nitrogens with two attached hydrogens (primary N) is 1. The highest BCUT2D eigenvalue weighted by Crippen LogP contribution is 2.38. The third-order valence-corrected chi connectivity index (χ3v) is 4.65. The number of aromatic nitrogens is 3. The molecule has 0 radical (unpaired) electrons. The first-order valence-corrected chi connectivity index (χ1v) is 8.17.